The number of rotatable bonds is 6. The van der Waals surface area contributed by atoms with Gasteiger partial charge in [0, 0.05) is 5.69 Å². The van der Waals surface area contributed by atoms with E-state index < -0.39 is 30.4 Å². The lowest BCUT2D eigenvalue weighted by Gasteiger charge is -2.16. The summed E-state index contributed by atoms with van der Waals surface area (Å²) >= 11 is 0. The van der Waals surface area contributed by atoms with Gasteiger partial charge in [0.2, 0.25) is 0 Å². The minimum Gasteiger partial charge on any atom is -0.481 e. The highest BCUT2D eigenvalue weighted by atomic mass is 16.4. The van der Waals surface area contributed by atoms with E-state index >= 15 is 0 Å². The Morgan fingerprint density at radius 1 is 1.24 bits per heavy atom. The standard InChI is InChI=1S/C14H18N2O5/c1-3-9-6-4-5-8(2)12(9)16-14(21)15-10(13(19)20)7-11(17)18/h4-6,10H,3,7H2,1-2H3,(H,17,18)(H,19,20)(H2,15,16,21). The first-order valence-electron chi connectivity index (χ1n) is 6.45. The van der Waals surface area contributed by atoms with Crippen molar-refractivity contribution in [1.29, 1.82) is 0 Å². The molecule has 0 spiro atoms. The fraction of sp³-hybridized carbons (Fsp3) is 0.357. The number of carboxylic acids is 2. The van der Waals surface area contributed by atoms with Crippen molar-refractivity contribution in [3.8, 4) is 0 Å². The molecule has 114 valence electrons. The van der Waals surface area contributed by atoms with Gasteiger partial charge in [-0.15, -0.1) is 0 Å². The van der Waals surface area contributed by atoms with Gasteiger partial charge in [0.1, 0.15) is 6.04 Å². The molecule has 1 aromatic rings. The molecule has 0 radical (unpaired) electrons. The molecule has 0 saturated carbocycles. The van der Waals surface area contributed by atoms with Crippen LogP contribution in [0.2, 0.25) is 0 Å². The fourth-order valence-corrected chi connectivity index (χ4v) is 1.88. The fourth-order valence-electron chi connectivity index (χ4n) is 1.88. The Morgan fingerprint density at radius 3 is 2.43 bits per heavy atom. The van der Waals surface area contributed by atoms with E-state index in [-0.39, 0.29) is 0 Å². The molecule has 0 aliphatic heterocycles. The maximum atomic E-state index is 11.9. The number of carbonyl (C=O) groups excluding carboxylic acids is 1. The van der Waals surface area contributed by atoms with Crippen LogP contribution in [-0.2, 0) is 16.0 Å². The molecule has 0 heterocycles. The molecule has 1 atom stereocenters. The van der Waals surface area contributed by atoms with Gasteiger partial charge in [-0.25, -0.2) is 9.59 Å². The van der Waals surface area contributed by atoms with Crippen molar-refractivity contribution < 1.29 is 24.6 Å². The zero-order valence-corrected chi connectivity index (χ0v) is 11.8. The van der Waals surface area contributed by atoms with E-state index in [2.05, 4.69) is 10.6 Å². The number of aliphatic carboxylic acids is 2. The summed E-state index contributed by atoms with van der Waals surface area (Å²) in [5.41, 5.74) is 2.36. The van der Waals surface area contributed by atoms with E-state index in [0.717, 1.165) is 11.1 Å². The number of hydrogen-bond donors (Lipinski definition) is 4. The van der Waals surface area contributed by atoms with Crippen LogP contribution in [0, 0.1) is 6.92 Å². The molecule has 4 N–H and O–H groups in total. The summed E-state index contributed by atoms with van der Waals surface area (Å²) in [4.78, 5) is 33.3. The van der Waals surface area contributed by atoms with Crippen molar-refractivity contribution in [2.75, 3.05) is 5.32 Å². The summed E-state index contributed by atoms with van der Waals surface area (Å²) in [6.07, 6.45) is 0.0198. The predicted molar refractivity (Wildman–Crippen MR) is 76.4 cm³/mol. The van der Waals surface area contributed by atoms with Gasteiger partial charge in [-0.05, 0) is 24.5 Å². The minimum absolute atomic E-state index is 0.608. The number of para-hydroxylation sites is 1. The number of benzene rings is 1. The van der Waals surface area contributed by atoms with Crippen molar-refractivity contribution >= 4 is 23.7 Å². The number of carbonyl (C=O) groups is 3. The van der Waals surface area contributed by atoms with Gasteiger partial charge in [-0.3, -0.25) is 4.79 Å². The molecule has 7 heteroatoms. The third-order valence-electron chi connectivity index (χ3n) is 2.96. The molecular formula is C14H18N2O5. The topological polar surface area (TPSA) is 116 Å². The zero-order chi connectivity index (χ0) is 16.0. The molecule has 2 amide bonds. The Labute approximate surface area is 122 Å². The van der Waals surface area contributed by atoms with Crippen molar-refractivity contribution in [2.24, 2.45) is 0 Å². The van der Waals surface area contributed by atoms with E-state index in [1.165, 1.54) is 0 Å². The van der Waals surface area contributed by atoms with Gasteiger partial charge in [0.15, 0.2) is 0 Å². The predicted octanol–water partition coefficient (Wildman–Crippen LogP) is 1.61. The highest BCUT2D eigenvalue weighted by Crippen LogP contribution is 2.20. The highest BCUT2D eigenvalue weighted by Gasteiger charge is 2.23. The Bertz CT molecular complexity index is 556. The Balaban J connectivity index is 2.81. The normalized spacial score (nSPS) is 11.5. The summed E-state index contributed by atoms with van der Waals surface area (Å²) < 4.78 is 0. The third kappa shape index (κ3) is 4.79. The first kappa shape index (κ1) is 16.5. The molecule has 0 aliphatic carbocycles. The third-order valence-corrected chi connectivity index (χ3v) is 2.96. The molecule has 0 aliphatic rings. The van der Waals surface area contributed by atoms with E-state index in [1.807, 2.05) is 32.0 Å². The maximum absolute atomic E-state index is 11.9. The number of carboxylic acid groups (broad SMARTS) is 2. The molecular weight excluding hydrogens is 276 g/mol. The summed E-state index contributed by atoms with van der Waals surface area (Å²) in [5, 5.41) is 22.2. The van der Waals surface area contributed by atoms with Gasteiger partial charge in [-0.2, -0.15) is 0 Å². The lowest BCUT2D eigenvalue weighted by molar-refractivity contribution is -0.145. The molecule has 1 unspecified atom stereocenters. The molecule has 0 fully saturated rings. The lowest BCUT2D eigenvalue weighted by Crippen LogP contribution is -2.44. The second-order valence-corrected chi connectivity index (χ2v) is 4.55. The SMILES string of the molecule is CCc1cccc(C)c1NC(=O)NC(CC(=O)O)C(=O)O. The average Bonchev–Trinajstić information content (AvgIpc) is 2.39. The van der Waals surface area contributed by atoms with E-state index in [0.29, 0.717) is 12.1 Å². The van der Waals surface area contributed by atoms with Crippen LogP contribution in [0.25, 0.3) is 0 Å². The Hall–Kier alpha value is -2.57. The van der Waals surface area contributed by atoms with Gasteiger partial charge >= 0.3 is 18.0 Å². The zero-order valence-electron chi connectivity index (χ0n) is 11.8. The summed E-state index contributed by atoms with van der Waals surface area (Å²) in [6.45, 7) is 3.75. The minimum atomic E-state index is -1.48. The number of hydrogen-bond acceptors (Lipinski definition) is 3. The van der Waals surface area contributed by atoms with Crippen molar-refractivity contribution in [3.05, 3.63) is 29.3 Å². The number of nitrogens with one attached hydrogen (secondary N) is 2. The van der Waals surface area contributed by atoms with Crippen LogP contribution >= 0.6 is 0 Å². The van der Waals surface area contributed by atoms with Crippen LogP contribution in [0.15, 0.2) is 18.2 Å². The van der Waals surface area contributed by atoms with Crippen LogP contribution in [0.4, 0.5) is 10.5 Å². The van der Waals surface area contributed by atoms with E-state index in [4.69, 9.17) is 10.2 Å². The highest BCUT2D eigenvalue weighted by molar-refractivity contribution is 5.94. The number of amides is 2. The van der Waals surface area contributed by atoms with Crippen LogP contribution in [0.1, 0.15) is 24.5 Å². The first-order chi connectivity index (χ1) is 9.85. The number of aryl methyl sites for hydroxylation is 2. The second kappa shape index (κ2) is 7.28. The quantitative estimate of drug-likeness (QED) is 0.636. The maximum Gasteiger partial charge on any atom is 0.326 e. The molecule has 21 heavy (non-hydrogen) atoms. The lowest BCUT2D eigenvalue weighted by atomic mass is 10.1. The molecule has 1 aromatic carbocycles. The van der Waals surface area contributed by atoms with Crippen molar-refractivity contribution in [2.45, 2.75) is 32.7 Å². The number of urea groups is 1. The monoisotopic (exact) mass is 294 g/mol. The van der Waals surface area contributed by atoms with Gasteiger partial charge in [0.25, 0.3) is 0 Å². The first-order valence-corrected chi connectivity index (χ1v) is 6.45. The summed E-state index contributed by atoms with van der Waals surface area (Å²) in [5.74, 6) is -2.69. The second-order valence-electron chi connectivity index (χ2n) is 4.55. The summed E-state index contributed by atoms with van der Waals surface area (Å²) in [7, 11) is 0. The molecule has 1 rings (SSSR count). The molecule has 0 bridgehead atoms. The van der Waals surface area contributed by atoms with Crippen molar-refractivity contribution in [1.82, 2.24) is 5.32 Å². The van der Waals surface area contributed by atoms with E-state index in [1.54, 1.807) is 0 Å². The Kier molecular flexibility index (Phi) is 5.71. The largest absolute Gasteiger partial charge is 0.481 e. The van der Waals surface area contributed by atoms with Crippen molar-refractivity contribution in [3.63, 3.8) is 0 Å². The van der Waals surface area contributed by atoms with Crippen LogP contribution in [0.3, 0.4) is 0 Å². The molecule has 7 nitrogen and oxygen atoms in total. The van der Waals surface area contributed by atoms with Gasteiger partial charge < -0.3 is 20.8 Å². The van der Waals surface area contributed by atoms with Crippen LogP contribution < -0.4 is 10.6 Å². The average molecular weight is 294 g/mol. The summed E-state index contributed by atoms with van der Waals surface area (Å²) in [6, 6.07) is 3.32. The molecule has 0 saturated heterocycles. The Morgan fingerprint density at radius 2 is 1.90 bits per heavy atom. The smallest absolute Gasteiger partial charge is 0.326 e. The van der Waals surface area contributed by atoms with Crippen LogP contribution in [0.5, 0.6) is 0 Å². The van der Waals surface area contributed by atoms with Crippen LogP contribution in [-0.4, -0.2) is 34.2 Å². The van der Waals surface area contributed by atoms with E-state index in [9.17, 15) is 14.4 Å². The molecule has 0 aromatic heterocycles. The van der Waals surface area contributed by atoms with Gasteiger partial charge in [0.05, 0.1) is 6.42 Å². The number of anilines is 1. The van der Waals surface area contributed by atoms with Gasteiger partial charge in [-0.1, -0.05) is 25.1 Å².